The molecule has 0 radical (unpaired) electrons. The third kappa shape index (κ3) is 3.22. The highest BCUT2D eigenvalue weighted by Crippen LogP contribution is 2.37. The van der Waals surface area contributed by atoms with E-state index >= 15 is 0 Å². The van der Waals surface area contributed by atoms with Crippen LogP contribution < -0.4 is 0 Å². The standard InChI is InChI=1S/C19H28/c1-15-7-9-17(10-8-15)19-13-11-18(12-14-19)16-5-3-2-4-6-16/h11-17H,2-10H2,1H3. The van der Waals surface area contributed by atoms with E-state index in [2.05, 4.69) is 31.2 Å². The first kappa shape index (κ1) is 13.2. The third-order valence-electron chi connectivity index (χ3n) is 5.50. The highest BCUT2D eigenvalue weighted by Gasteiger charge is 2.20. The average molecular weight is 256 g/mol. The molecular formula is C19H28. The Morgan fingerprint density at radius 1 is 0.632 bits per heavy atom. The summed E-state index contributed by atoms with van der Waals surface area (Å²) < 4.78 is 0. The second-order valence-electron chi connectivity index (χ2n) is 6.96. The van der Waals surface area contributed by atoms with Crippen LogP contribution in [0.3, 0.4) is 0 Å². The lowest BCUT2D eigenvalue weighted by atomic mass is 9.78. The Balaban J connectivity index is 1.65. The van der Waals surface area contributed by atoms with Gasteiger partial charge in [0.1, 0.15) is 0 Å². The lowest BCUT2D eigenvalue weighted by Crippen LogP contribution is -2.11. The Hall–Kier alpha value is -0.780. The molecule has 2 aliphatic carbocycles. The number of hydrogen-bond acceptors (Lipinski definition) is 0. The van der Waals surface area contributed by atoms with Gasteiger partial charge in [0.15, 0.2) is 0 Å². The first-order chi connectivity index (χ1) is 9.33. The Kier molecular flexibility index (Phi) is 4.25. The van der Waals surface area contributed by atoms with Gasteiger partial charge in [-0.25, -0.2) is 0 Å². The molecule has 0 atom stereocenters. The average Bonchev–Trinajstić information content (AvgIpc) is 2.49. The van der Waals surface area contributed by atoms with E-state index in [-0.39, 0.29) is 0 Å². The van der Waals surface area contributed by atoms with Crippen LogP contribution in [0, 0.1) is 5.92 Å². The van der Waals surface area contributed by atoms with Gasteiger partial charge < -0.3 is 0 Å². The molecule has 0 aromatic heterocycles. The smallest absolute Gasteiger partial charge is 0.0162 e. The van der Waals surface area contributed by atoms with Crippen molar-refractivity contribution in [1.82, 2.24) is 0 Å². The molecule has 0 saturated heterocycles. The number of rotatable bonds is 2. The van der Waals surface area contributed by atoms with Gasteiger partial charge in [-0.15, -0.1) is 0 Å². The molecule has 0 aliphatic heterocycles. The van der Waals surface area contributed by atoms with Crippen LogP contribution in [0.5, 0.6) is 0 Å². The monoisotopic (exact) mass is 256 g/mol. The van der Waals surface area contributed by atoms with Gasteiger partial charge in [0.25, 0.3) is 0 Å². The highest BCUT2D eigenvalue weighted by atomic mass is 14.3. The molecule has 1 aromatic rings. The van der Waals surface area contributed by atoms with Gasteiger partial charge in [-0.1, -0.05) is 63.3 Å². The zero-order chi connectivity index (χ0) is 13.1. The molecule has 0 heterocycles. The molecule has 0 amide bonds. The molecule has 0 N–H and O–H groups in total. The zero-order valence-electron chi connectivity index (χ0n) is 12.4. The summed E-state index contributed by atoms with van der Waals surface area (Å²) in [6, 6.07) is 9.74. The molecule has 104 valence electrons. The van der Waals surface area contributed by atoms with Gasteiger partial charge in [-0.05, 0) is 54.6 Å². The summed E-state index contributed by atoms with van der Waals surface area (Å²) in [5.41, 5.74) is 3.21. The fourth-order valence-corrected chi connectivity index (χ4v) is 4.07. The van der Waals surface area contributed by atoms with Crippen molar-refractivity contribution in [3.05, 3.63) is 35.4 Å². The molecule has 1 aromatic carbocycles. The SMILES string of the molecule is CC1CCC(c2ccc(C3CCCCC3)cc2)CC1. The van der Waals surface area contributed by atoms with Crippen molar-refractivity contribution in [2.75, 3.05) is 0 Å². The van der Waals surface area contributed by atoms with E-state index in [1.807, 2.05) is 0 Å². The van der Waals surface area contributed by atoms with E-state index < -0.39 is 0 Å². The fraction of sp³-hybridized carbons (Fsp3) is 0.684. The summed E-state index contributed by atoms with van der Waals surface area (Å²) in [7, 11) is 0. The predicted molar refractivity (Wildman–Crippen MR) is 82.6 cm³/mol. The summed E-state index contributed by atoms with van der Waals surface area (Å²) in [4.78, 5) is 0. The minimum absolute atomic E-state index is 0.844. The summed E-state index contributed by atoms with van der Waals surface area (Å²) in [5, 5.41) is 0. The van der Waals surface area contributed by atoms with Gasteiger partial charge in [-0.2, -0.15) is 0 Å². The van der Waals surface area contributed by atoms with E-state index in [4.69, 9.17) is 0 Å². The third-order valence-corrected chi connectivity index (χ3v) is 5.50. The van der Waals surface area contributed by atoms with Crippen molar-refractivity contribution < 1.29 is 0 Å². The zero-order valence-corrected chi connectivity index (χ0v) is 12.4. The maximum atomic E-state index is 2.44. The molecule has 0 unspecified atom stereocenters. The molecule has 0 heteroatoms. The van der Waals surface area contributed by atoms with Crippen molar-refractivity contribution in [2.24, 2.45) is 5.92 Å². The van der Waals surface area contributed by atoms with E-state index in [1.165, 1.54) is 57.8 Å². The topological polar surface area (TPSA) is 0 Å². The Bertz CT molecular complexity index is 375. The van der Waals surface area contributed by atoms with Crippen molar-refractivity contribution in [1.29, 1.82) is 0 Å². The maximum absolute atomic E-state index is 2.44. The van der Waals surface area contributed by atoms with Crippen LogP contribution in [0.1, 0.15) is 87.7 Å². The summed E-state index contributed by atoms with van der Waals surface area (Å²) in [6.07, 6.45) is 12.8. The normalized spacial score (nSPS) is 29.3. The second kappa shape index (κ2) is 6.11. The Morgan fingerprint density at radius 3 is 1.63 bits per heavy atom. The quantitative estimate of drug-likeness (QED) is 0.606. The summed E-state index contributed by atoms with van der Waals surface area (Å²) in [6.45, 7) is 2.41. The molecular weight excluding hydrogens is 228 g/mol. The predicted octanol–water partition coefficient (Wildman–Crippen LogP) is 6.03. The van der Waals surface area contributed by atoms with Gasteiger partial charge in [-0.3, -0.25) is 0 Å². The van der Waals surface area contributed by atoms with Crippen LogP contribution in [0.2, 0.25) is 0 Å². The van der Waals surface area contributed by atoms with Crippen LogP contribution in [0.15, 0.2) is 24.3 Å². The second-order valence-corrected chi connectivity index (χ2v) is 6.96. The van der Waals surface area contributed by atoms with E-state index in [9.17, 15) is 0 Å². The van der Waals surface area contributed by atoms with Gasteiger partial charge in [0, 0.05) is 0 Å². The molecule has 19 heavy (non-hydrogen) atoms. The summed E-state index contributed by atoms with van der Waals surface area (Å²) in [5.74, 6) is 2.66. The largest absolute Gasteiger partial charge is 0.0625 e. The van der Waals surface area contributed by atoms with E-state index in [0.29, 0.717) is 0 Å². The fourth-order valence-electron chi connectivity index (χ4n) is 4.07. The van der Waals surface area contributed by atoms with Gasteiger partial charge in [0.05, 0.1) is 0 Å². The van der Waals surface area contributed by atoms with Crippen molar-refractivity contribution in [3.63, 3.8) is 0 Å². The molecule has 2 aliphatic rings. The lowest BCUT2D eigenvalue weighted by molar-refractivity contribution is 0.348. The van der Waals surface area contributed by atoms with Crippen LogP contribution in [-0.4, -0.2) is 0 Å². The minimum atomic E-state index is 0.844. The molecule has 0 spiro atoms. The van der Waals surface area contributed by atoms with Crippen LogP contribution >= 0.6 is 0 Å². The first-order valence-electron chi connectivity index (χ1n) is 8.43. The molecule has 2 saturated carbocycles. The summed E-state index contributed by atoms with van der Waals surface area (Å²) >= 11 is 0. The number of benzene rings is 1. The van der Waals surface area contributed by atoms with Crippen LogP contribution in [-0.2, 0) is 0 Å². The van der Waals surface area contributed by atoms with Crippen molar-refractivity contribution >= 4 is 0 Å². The highest BCUT2D eigenvalue weighted by molar-refractivity contribution is 5.28. The molecule has 2 fully saturated rings. The molecule has 0 nitrogen and oxygen atoms in total. The van der Waals surface area contributed by atoms with Gasteiger partial charge >= 0.3 is 0 Å². The molecule has 0 bridgehead atoms. The molecule has 3 rings (SSSR count). The first-order valence-corrected chi connectivity index (χ1v) is 8.43. The van der Waals surface area contributed by atoms with Crippen LogP contribution in [0.25, 0.3) is 0 Å². The van der Waals surface area contributed by atoms with Gasteiger partial charge in [0.2, 0.25) is 0 Å². The lowest BCUT2D eigenvalue weighted by Gasteiger charge is -2.27. The van der Waals surface area contributed by atoms with Crippen molar-refractivity contribution in [2.45, 2.75) is 76.5 Å². The van der Waals surface area contributed by atoms with E-state index in [1.54, 1.807) is 11.1 Å². The maximum Gasteiger partial charge on any atom is -0.0162 e. The van der Waals surface area contributed by atoms with Crippen molar-refractivity contribution in [3.8, 4) is 0 Å². The van der Waals surface area contributed by atoms with Crippen LogP contribution in [0.4, 0.5) is 0 Å². The Labute approximate surface area is 118 Å². The minimum Gasteiger partial charge on any atom is -0.0625 e. The Morgan fingerprint density at radius 2 is 1.11 bits per heavy atom. The van der Waals surface area contributed by atoms with E-state index in [0.717, 1.165) is 17.8 Å². The number of hydrogen-bond donors (Lipinski definition) is 0.